The molecule has 1 heterocycles. The van der Waals surface area contributed by atoms with Gasteiger partial charge in [-0.25, -0.2) is 0 Å². The summed E-state index contributed by atoms with van der Waals surface area (Å²) < 4.78 is 12.9. The smallest absolute Gasteiger partial charge is 0.399 e. The minimum Gasteiger partial charge on any atom is -0.399 e. The van der Waals surface area contributed by atoms with Gasteiger partial charge in [0.15, 0.2) is 0 Å². The van der Waals surface area contributed by atoms with Gasteiger partial charge in [-0.15, -0.1) is 0 Å². The number of fused-ring (bicyclic) bond motifs is 6. The Morgan fingerprint density at radius 1 is 0.575 bits per heavy atom. The predicted molar refractivity (Wildman–Crippen MR) is 163 cm³/mol. The second-order valence-electron chi connectivity index (χ2n) is 15.7. The summed E-state index contributed by atoms with van der Waals surface area (Å²) in [5.41, 5.74) is 12.7. The van der Waals surface area contributed by atoms with Gasteiger partial charge < -0.3 is 9.31 Å². The molecular weight excluding hydrogens is 487 g/mol. The molecule has 1 spiro atoms. The Balaban J connectivity index is 1.21. The van der Waals surface area contributed by atoms with Gasteiger partial charge in [-0.1, -0.05) is 62.4 Å². The summed E-state index contributed by atoms with van der Waals surface area (Å²) in [6.45, 7) is 13.4. The second-order valence-corrected chi connectivity index (χ2v) is 15.7. The van der Waals surface area contributed by atoms with Gasteiger partial charge in [0.1, 0.15) is 0 Å². The quantitative estimate of drug-likeness (QED) is 0.298. The van der Waals surface area contributed by atoms with Crippen molar-refractivity contribution in [2.24, 2.45) is 23.7 Å². The zero-order valence-electron chi connectivity index (χ0n) is 24.9. The lowest BCUT2D eigenvalue weighted by molar-refractivity contribution is -0.0399. The molecular formula is C37H41BO2. The van der Waals surface area contributed by atoms with Gasteiger partial charge in [0.05, 0.1) is 11.2 Å². The Hall–Kier alpha value is -2.36. The number of benzene rings is 3. The van der Waals surface area contributed by atoms with E-state index in [1.54, 1.807) is 11.1 Å². The van der Waals surface area contributed by atoms with Crippen LogP contribution in [0.5, 0.6) is 0 Å². The molecule has 0 atom stereocenters. The van der Waals surface area contributed by atoms with Gasteiger partial charge in [0.2, 0.25) is 0 Å². The molecule has 5 fully saturated rings. The van der Waals surface area contributed by atoms with Gasteiger partial charge in [-0.2, -0.15) is 0 Å². The maximum absolute atomic E-state index is 6.47. The zero-order valence-corrected chi connectivity index (χ0v) is 24.9. The lowest BCUT2D eigenvalue weighted by Crippen LogP contribution is -2.55. The van der Waals surface area contributed by atoms with E-state index < -0.39 is 0 Å². The molecule has 1 saturated heterocycles. The third kappa shape index (κ3) is 2.75. The van der Waals surface area contributed by atoms with Gasteiger partial charge in [0, 0.05) is 10.8 Å². The normalized spacial score (nSPS) is 34.2. The molecule has 40 heavy (non-hydrogen) atoms. The highest BCUT2D eigenvalue weighted by Gasteiger charge is 2.62. The van der Waals surface area contributed by atoms with Crippen LogP contribution in [0.1, 0.15) is 95.9 Å². The molecule has 4 saturated carbocycles. The zero-order chi connectivity index (χ0) is 27.4. The average molecular weight is 529 g/mol. The maximum Gasteiger partial charge on any atom is 0.494 e. The van der Waals surface area contributed by atoms with Crippen molar-refractivity contribution in [1.82, 2.24) is 0 Å². The fourth-order valence-electron chi connectivity index (χ4n) is 10.5. The third-order valence-electron chi connectivity index (χ3n) is 12.9. The van der Waals surface area contributed by atoms with Gasteiger partial charge in [0.25, 0.3) is 0 Å². The highest BCUT2D eigenvalue weighted by Crippen LogP contribution is 2.70. The van der Waals surface area contributed by atoms with E-state index in [2.05, 4.69) is 96.1 Å². The first kappa shape index (κ1) is 24.3. The lowest BCUT2D eigenvalue weighted by Gasteiger charge is -2.61. The Labute approximate surface area is 240 Å². The Morgan fingerprint density at radius 3 is 1.82 bits per heavy atom. The maximum atomic E-state index is 6.47. The summed E-state index contributed by atoms with van der Waals surface area (Å²) in [6.07, 6.45) is 7.21. The minimum atomic E-state index is -0.337. The lowest BCUT2D eigenvalue weighted by atomic mass is 9.43. The highest BCUT2D eigenvalue weighted by molar-refractivity contribution is 6.62. The summed E-state index contributed by atoms with van der Waals surface area (Å²) in [7, 11) is -0.331. The van der Waals surface area contributed by atoms with Crippen LogP contribution in [0.2, 0.25) is 0 Å². The van der Waals surface area contributed by atoms with E-state index in [0.29, 0.717) is 0 Å². The SMILES string of the molecule is CC1(C)c2cc(B3OC(C)(C)C(C)(C)O3)ccc2-c2cc3c(cc21)C1(c2ccccc2-3)C2CC3CC(C2)CC1C3. The monoisotopic (exact) mass is 528 g/mol. The van der Waals surface area contributed by atoms with Crippen LogP contribution in [0.15, 0.2) is 54.6 Å². The third-order valence-corrected chi connectivity index (χ3v) is 12.9. The van der Waals surface area contributed by atoms with E-state index >= 15 is 0 Å². The summed E-state index contributed by atoms with van der Waals surface area (Å²) in [6, 6.07) is 21.7. The van der Waals surface area contributed by atoms with Crippen LogP contribution >= 0.6 is 0 Å². The topological polar surface area (TPSA) is 18.5 Å². The molecule has 3 heteroatoms. The number of hydrogen-bond acceptors (Lipinski definition) is 2. The van der Waals surface area contributed by atoms with Crippen molar-refractivity contribution >= 4 is 12.6 Å². The first-order chi connectivity index (χ1) is 19.0. The first-order valence-corrected chi connectivity index (χ1v) is 15.8. The first-order valence-electron chi connectivity index (χ1n) is 15.8. The largest absolute Gasteiger partial charge is 0.494 e. The van der Waals surface area contributed by atoms with Crippen LogP contribution in [0.4, 0.5) is 0 Å². The number of hydrogen-bond donors (Lipinski definition) is 0. The fourth-order valence-corrected chi connectivity index (χ4v) is 10.5. The van der Waals surface area contributed by atoms with E-state index in [-0.39, 0.29) is 29.2 Å². The van der Waals surface area contributed by atoms with E-state index in [4.69, 9.17) is 9.31 Å². The molecule has 0 unspecified atom stereocenters. The van der Waals surface area contributed by atoms with Gasteiger partial charge >= 0.3 is 7.12 Å². The second kappa shape index (κ2) is 7.34. The average Bonchev–Trinajstić information content (AvgIpc) is 3.41. The Morgan fingerprint density at radius 2 is 1.15 bits per heavy atom. The molecule has 0 N–H and O–H groups in total. The van der Waals surface area contributed by atoms with Crippen molar-refractivity contribution in [3.05, 3.63) is 76.9 Å². The van der Waals surface area contributed by atoms with Crippen molar-refractivity contribution in [2.45, 2.75) is 95.7 Å². The molecule has 2 nitrogen and oxygen atoms in total. The molecule has 4 bridgehead atoms. The summed E-state index contributed by atoms with van der Waals surface area (Å²) >= 11 is 0. The van der Waals surface area contributed by atoms with Crippen LogP contribution in [0.3, 0.4) is 0 Å². The Bertz CT molecular complexity index is 1570. The summed E-state index contributed by atoms with van der Waals surface area (Å²) in [5, 5.41) is 0. The predicted octanol–water partition coefficient (Wildman–Crippen LogP) is 8.01. The minimum absolute atomic E-state index is 0.0682. The van der Waals surface area contributed by atoms with E-state index in [1.807, 2.05) is 0 Å². The standard InChI is InChI=1S/C37H41BO2/c1-34(2)31-18-25(38-39-35(3,4)36(5,6)40-38)11-12-27(31)28-19-29-26-9-7-8-10-30(26)37(33(29)20-32(28)34)23-14-21-13-22(16-23)17-24(37)15-21/h7-12,18-24H,13-17H2,1-6H3. The van der Waals surface area contributed by atoms with Crippen LogP contribution in [-0.2, 0) is 20.1 Å². The molecule has 0 amide bonds. The van der Waals surface area contributed by atoms with Crippen LogP contribution in [0.25, 0.3) is 22.3 Å². The van der Waals surface area contributed by atoms with Crippen LogP contribution in [-0.4, -0.2) is 18.3 Å². The van der Waals surface area contributed by atoms with Crippen molar-refractivity contribution in [2.75, 3.05) is 0 Å². The molecule has 3 aromatic carbocycles. The molecule has 0 radical (unpaired) electrons. The van der Waals surface area contributed by atoms with Crippen LogP contribution < -0.4 is 5.46 Å². The van der Waals surface area contributed by atoms with Crippen molar-refractivity contribution in [3.8, 4) is 22.3 Å². The van der Waals surface area contributed by atoms with E-state index in [0.717, 1.165) is 29.1 Å². The summed E-state index contributed by atoms with van der Waals surface area (Å²) in [5.74, 6) is 3.53. The van der Waals surface area contributed by atoms with Crippen molar-refractivity contribution in [3.63, 3.8) is 0 Å². The highest BCUT2D eigenvalue weighted by atomic mass is 16.7. The number of rotatable bonds is 1. The molecule has 204 valence electrons. The van der Waals surface area contributed by atoms with E-state index in [1.165, 1.54) is 65.5 Å². The van der Waals surface area contributed by atoms with Crippen LogP contribution in [0, 0.1) is 23.7 Å². The molecule has 1 aliphatic heterocycles. The van der Waals surface area contributed by atoms with Crippen molar-refractivity contribution in [1.29, 1.82) is 0 Å². The molecule has 10 rings (SSSR count). The van der Waals surface area contributed by atoms with Gasteiger partial charge in [-0.05, 0) is 140 Å². The molecule has 7 aliphatic rings. The van der Waals surface area contributed by atoms with Crippen molar-refractivity contribution < 1.29 is 9.31 Å². The fraction of sp³-hybridized carbons (Fsp3) is 0.514. The van der Waals surface area contributed by atoms with E-state index in [9.17, 15) is 0 Å². The van der Waals surface area contributed by atoms with Gasteiger partial charge in [-0.3, -0.25) is 0 Å². The summed E-state index contributed by atoms with van der Waals surface area (Å²) in [4.78, 5) is 0. The molecule has 3 aromatic rings. The molecule has 0 aromatic heterocycles. The Kier molecular flexibility index (Phi) is 4.45. The molecule has 6 aliphatic carbocycles.